The SMILES string of the molecule is O=C(CCc1ccccc1)NCCc1nc(-c2ccco2)no1. The van der Waals surface area contributed by atoms with Gasteiger partial charge in [0.25, 0.3) is 0 Å². The molecule has 0 saturated carbocycles. The minimum Gasteiger partial charge on any atom is -0.461 e. The van der Waals surface area contributed by atoms with Gasteiger partial charge in [0.15, 0.2) is 5.76 Å². The van der Waals surface area contributed by atoms with Gasteiger partial charge in [0.1, 0.15) is 0 Å². The number of benzene rings is 1. The number of carbonyl (C=O) groups excluding carboxylic acids is 1. The molecule has 118 valence electrons. The molecule has 0 aliphatic carbocycles. The molecule has 6 heteroatoms. The van der Waals surface area contributed by atoms with Crippen molar-refractivity contribution in [1.29, 1.82) is 0 Å². The average molecular weight is 311 g/mol. The van der Waals surface area contributed by atoms with Crippen molar-refractivity contribution in [3.63, 3.8) is 0 Å². The Morgan fingerprint density at radius 3 is 2.74 bits per heavy atom. The molecule has 0 atom stereocenters. The second kappa shape index (κ2) is 7.40. The van der Waals surface area contributed by atoms with Crippen LogP contribution in [0.25, 0.3) is 11.6 Å². The normalized spacial score (nSPS) is 10.6. The maximum absolute atomic E-state index is 11.8. The summed E-state index contributed by atoms with van der Waals surface area (Å²) in [7, 11) is 0. The molecule has 0 radical (unpaired) electrons. The highest BCUT2D eigenvalue weighted by atomic mass is 16.5. The third kappa shape index (κ3) is 4.29. The highest BCUT2D eigenvalue weighted by molar-refractivity contribution is 5.76. The van der Waals surface area contributed by atoms with Crippen LogP contribution in [0.15, 0.2) is 57.7 Å². The van der Waals surface area contributed by atoms with E-state index in [1.165, 1.54) is 0 Å². The van der Waals surface area contributed by atoms with Crippen molar-refractivity contribution in [2.45, 2.75) is 19.3 Å². The first kappa shape index (κ1) is 15.0. The lowest BCUT2D eigenvalue weighted by atomic mass is 10.1. The van der Waals surface area contributed by atoms with Crippen LogP contribution >= 0.6 is 0 Å². The molecular weight excluding hydrogens is 294 g/mol. The van der Waals surface area contributed by atoms with E-state index in [0.717, 1.165) is 12.0 Å². The maximum Gasteiger partial charge on any atom is 0.238 e. The first-order valence-corrected chi connectivity index (χ1v) is 7.48. The Morgan fingerprint density at radius 1 is 1.09 bits per heavy atom. The van der Waals surface area contributed by atoms with Crippen molar-refractivity contribution < 1.29 is 13.7 Å². The summed E-state index contributed by atoms with van der Waals surface area (Å²) < 4.78 is 10.3. The number of amides is 1. The van der Waals surface area contributed by atoms with Crippen molar-refractivity contribution >= 4 is 5.91 Å². The third-order valence-electron chi connectivity index (χ3n) is 3.35. The molecule has 0 aliphatic rings. The van der Waals surface area contributed by atoms with Gasteiger partial charge < -0.3 is 14.3 Å². The van der Waals surface area contributed by atoms with E-state index in [4.69, 9.17) is 8.94 Å². The molecule has 0 fully saturated rings. The molecule has 0 unspecified atom stereocenters. The molecule has 1 aromatic carbocycles. The minimum atomic E-state index is 0.0135. The van der Waals surface area contributed by atoms with Crippen LogP contribution in [0, 0.1) is 0 Å². The number of carbonyl (C=O) groups is 1. The van der Waals surface area contributed by atoms with E-state index in [1.54, 1.807) is 18.4 Å². The van der Waals surface area contributed by atoms with E-state index in [1.807, 2.05) is 30.3 Å². The second-order valence-electron chi connectivity index (χ2n) is 5.07. The molecule has 1 amide bonds. The molecule has 0 aliphatic heterocycles. The van der Waals surface area contributed by atoms with Crippen molar-refractivity contribution in [2.75, 3.05) is 6.54 Å². The lowest BCUT2D eigenvalue weighted by molar-refractivity contribution is -0.121. The first-order chi connectivity index (χ1) is 11.3. The third-order valence-corrected chi connectivity index (χ3v) is 3.35. The minimum absolute atomic E-state index is 0.0135. The van der Waals surface area contributed by atoms with Gasteiger partial charge in [-0.15, -0.1) is 0 Å². The number of aromatic nitrogens is 2. The zero-order valence-corrected chi connectivity index (χ0v) is 12.6. The quantitative estimate of drug-likeness (QED) is 0.725. The molecule has 0 saturated heterocycles. The number of nitrogens with one attached hydrogen (secondary N) is 1. The van der Waals surface area contributed by atoms with Gasteiger partial charge in [-0.1, -0.05) is 35.5 Å². The zero-order valence-electron chi connectivity index (χ0n) is 12.6. The maximum atomic E-state index is 11.8. The molecule has 0 spiro atoms. The average Bonchev–Trinajstić information content (AvgIpc) is 3.25. The van der Waals surface area contributed by atoms with Crippen LogP contribution in [-0.2, 0) is 17.6 Å². The fourth-order valence-corrected chi connectivity index (χ4v) is 2.16. The van der Waals surface area contributed by atoms with Crippen LogP contribution in [0.3, 0.4) is 0 Å². The molecule has 23 heavy (non-hydrogen) atoms. The van der Waals surface area contributed by atoms with E-state index in [9.17, 15) is 4.79 Å². The van der Waals surface area contributed by atoms with Crippen molar-refractivity contribution in [3.05, 3.63) is 60.2 Å². The van der Waals surface area contributed by atoms with E-state index >= 15 is 0 Å². The Balaban J connectivity index is 1.40. The van der Waals surface area contributed by atoms with Gasteiger partial charge in [0.2, 0.25) is 17.6 Å². The summed E-state index contributed by atoms with van der Waals surface area (Å²) in [6.45, 7) is 0.466. The number of rotatable bonds is 7. The topological polar surface area (TPSA) is 81.2 Å². The molecular formula is C17H17N3O3. The fraction of sp³-hybridized carbons (Fsp3) is 0.235. The van der Waals surface area contributed by atoms with Crippen LogP contribution in [-0.4, -0.2) is 22.6 Å². The summed E-state index contributed by atoms with van der Waals surface area (Å²) in [5.74, 6) is 1.46. The number of nitrogens with zero attached hydrogens (tertiary/aromatic N) is 2. The molecule has 2 heterocycles. The molecule has 1 N–H and O–H groups in total. The largest absolute Gasteiger partial charge is 0.461 e. The first-order valence-electron chi connectivity index (χ1n) is 7.48. The smallest absolute Gasteiger partial charge is 0.238 e. The van der Waals surface area contributed by atoms with Crippen molar-refractivity contribution in [3.8, 4) is 11.6 Å². The standard InChI is InChI=1S/C17H17N3O3/c21-15(9-8-13-5-2-1-3-6-13)18-11-10-16-19-17(20-23-16)14-7-4-12-22-14/h1-7,12H,8-11H2,(H,18,21). The summed E-state index contributed by atoms with van der Waals surface area (Å²) in [6, 6.07) is 13.5. The molecule has 0 bridgehead atoms. The summed E-state index contributed by atoms with van der Waals surface area (Å²) in [5.41, 5.74) is 1.16. The predicted octanol–water partition coefficient (Wildman–Crippen LogP) is 2.62. The number of hydrogen-bond donors (Lipinski definition) is 1. The Kier molecular flexibility index (Phi) is 4.83. The Bertz CT molecular complexity index is 736. The predicted molar refractivity (Wildman–Crippen MR) is 83.5 cm³/mol. The van der Waals surface area contributed by atoms with Crippen LogP contribution in [0.5, 0.6) is 0 Å². The van der Waals surface area contributed by atoms with E-state index in [-0.39, 0.29) is 5.91 Å². The van der Waals surface area contributed by atoms with E-state index in [2.05, 4.69) is 15.5 Å². The van der Waals surface area contributed by atoms with Gasteiger partial charge in [-0.2, -0.15) is 4.98 Å². The van der Waals surface area contributed by atoms with Gasteiger partial charge in [0.05, 0.1) is 6.26 Å². The molecule has 2 aromatic heterocycles. The van der Waals surface area contributed by atoms with E-state index < -0.39 is 0 Å². The Labute approximate surface area is 133 Å². The summed E-state index contributed by atoms with van der Waals surface area (Å²) in [4.78, 5) is 16.0. The summed E-state index contributed by atoms with van der Waals surface area (Å²) in [6.07, 6.45) is 3.24. The van der Waals surface area contributed by atoms with Gasteiger partial charge in [-0.25, -0.2) is 0 Å². The van der Waals surface area contributed by atoms with Gasteiger partial charge in [-0.3, -0.25) is 4.79 Å². The van der Waals surface area contributed by atoms with Crippen LogP contribution in [0.2, 0.25) is 0 Å². The van der Waals surface area contributed by atoms with Crippen LogP contribution in [0.4, 0.5) is 0 Å². The van der Waals surface area contributed by atoms with Crippen LogP contribution < -0.4 is 5.32 Å². The van der Waals surface area contributed by atoms with Crippen LogP contribution in [0.1, 0.15) is 17.9 Å². The van der Waals surface area contributed by atoms with Gasteiger partial charge in [0, 0.05) is 19.4 Å². The number of aryl methyl sites for hydroxylation is 1. The Hall–Kier alpha value is -2.89. The van der Waals surface area contributed by atoms with Crippen molar-refractivity contribution in [2.24, 2.45) is 0 Å². The lowest BCUT2D eigenvalue weighted by Gasteiger charge is -2.03. The fourth-order valence-electron chi connectivity index (χ4n) is 2.16. The van der Waals surface area contributed by atoms with E-state index in [0.29, 0.717) is 36.9 Å². The molecule has 6 nitrogen and oxygen atoms in total. The van der Waals surface area contributed by atoms with Crippen molar-refractivity contribution in [1.82, 2.24) is 15.5 Å². The molecule has 3 rings (SSSR count). The number of furan rings is 1. The highest BCUT2D eigenvalue weighted by Gasteiger charge is 2.10. The monoisotopic (exact) mass is 311 g/mol. The summed E-state index contributed by atoms with van der Waals surface area (Å²) in [5, 5.41) is 6.70. The van der Waals surface area contributed by atoms with Gasteiger partial charge >= 0.3 is 0 Å². The summed E-state index contributed by atoms with van der Waals surface area (Å²) >= 11 is 0. The van der Waals surface area contributed by atoms with Gasteiger partial charge in [-0.05, 0) is 24.1 Å². The molecule has 3 aromatic rings. The lowest BCUT2D eigenvalue weighted by Crippen LogP contribution is -2.25. The highest BCUT2D eigenvalue weighted by Crippen LogP contribution is 2.15. The zero-order chi connectivity index (χ0) is 15.9. The number of hydrogen-bond acceptors (Lipinski definition) is 5. The second-order valence-corrected chi connectivity index (χ2v) is 5.07. The Morgan fingerprint density at radius 2 is 1.96 bits per heavy atom.